The van der Waals surface area contributed by atoms with E-state index >= 15 is 0 Å². The summed E-state index contributed by atoms with van der Waals surface area (Å²) in [6.45, 7) is 2.37. The molecule has 3 N–H and O–H groups in total. The van der Waals surface area contributed by atoms with Gasteiger partial charge in [0.25, 0.3) is 5.91 Å². The minimum absolute atomic E-state index is 0.211. The number of rotatable bonds is 7. The number of anilines is 1. The number of carbonyl (C=O) groups is 1. The topological polar surface area (TPSA) is 66.3 Å². The number of benzene rings is 3. The fourth-order valence-electron chi connectivity index (χ4n) is 3.96. The van der Waals surface area contributed by atoms with Crippen molar-refractivity contribution in [2.75, 3.05) is 18.9 Å². The number of aliphatic hydroxyl groups excluding tert-OH is 1. The van der Waals surface area contributed by atoms with Crippen molar-refractivity contribution in [3.8, 4) is 0 Å². The van der Waals surface area contributed by atoms with Crippen molar-refractivity contribution >= 4 is 34.1 Å². The zero-order valence-electron chi connectivity index (χ0n) is 18.0. The van der Waals surface area contributed by atoms with Gasteiger partial charge < -0.3 is 20.3 Å². The minimum Gasteiger partial charge on any atom is -0.389 e. The zero-order valence-corrected chi connectivity index (χ0v) is 18.8. The van der Waals surface area contributed by atoms with Crippen molar-refractivity contribution in [1.82, 2.24) is 9.88 Å². The number of hydrogen-bond acceptors (Lipinski definition) is 3. The van der Waals surface area contributed by atoms with Crippen molar-refractivity contribution < 1.29 is 9.90 Å². The Kier molecular flexibility index (Phi) is 6.61. The molecule has 0 unspecified atom stereocenters. The van der Waals surface area contributed by atoms with Gasteiger partial charge >= 0.3 is 0 Å². The third-order valence-corrected chi connectivity index (χ3v) is 6.04. The fraction of sp³-hybridized carbons (Fsp3) is 0.192. The van der Waals surface area contributed by atoms with Crippen molar-refractivity contribution in [3.63, 3.8) is 0 Å². The van der Waals surface area contributed by atoms with E-state index in [2.05, 4.69) is 15.2 Å². The molecule has 32 heavy (non-hydrogen) atoms. The fourth-order valence-corrected chi connectivity index (χ4v) is 4.14. The maximum absolute atomic E-state index is 12.7. The summed E-state index contributed by atoms with van der Waals surface area (Å²) in [5.41, 5.74) is 4.15. The number of fused-ring (bicyclic) bond motifs is 1. The van der Waals surface area contributed by atoms with Gasteiger partial charge in [-0.1, -0.05) is 48.0 Å². The third kappa shape index (κ3) is 4.55. The number of nitrogens with one attached hydrogen (secondary N) is 2. The van der Waals surface area contributed by atoms with E-state index in [9.17, 15) is 9.90 Å². The molecule has 0 saturated carbocycles. The lowest BCUT2D eigenvalue weighted by molar-refractivity contribution is 0.102. The Labute approximate surface area is 192 Å². The Morgan fingerprint density at radius 3 is 2.56 bits per heavy atom. The lowest BCUT2D eigenvalue weighted by Crippen LogP contribution is -2.33. The number of amides is 1. The zero-order chi connectivity index (χ0) is 22.7. The molecule has 1 aromatic heterocycles. The number of halogens is 1. The maximum atomic E-state index is 12.7. The molecule has 0 fully saturated rings. The summed E-state index contributed by atoms with van der Waals surface area (Å²) in [6, 6.07) is 22.8. The van der Waals surface area contributed by atoms with Crippen LogP contribution in [0.1, 0.15) is 27.5 Å². The number of hydrogen-bond donors (Lipinski definition) is 3. The summed E-state index contributed by atoms with van der Waals surface area (Å²) >= 11 is 6.16. The Hall–Kier alpha value is -3.12. The first-order valence-corrected chi connectivity index (χ1v) is 10.9. The summed E-state index contributed by atoms with van der Waals surface area (Å²) in [5, 5.41) is 18.4. The van der Waals surface area contributed by atoms with E-state index in [0.717, 1.165) is 22.0 Å². The second-order valence-electron chi connectivity index (χ2n) is 7.90. The SMILES string of the molecule is CNC[C@@H](O)[C@H](c1ccccc1)n1ccc2cc(NC(=O)c3ccc(C)c(Cl)c3)ccc21. The molecule has 1 heterocycles. The van der Waals surface area contributed by atoms with E-state index in [0.29, 0.717) is 22.8 Å². The molecule has 0 saturated heterocycles. The van der Waals surface area contributed by atoms with Gasteiger partial charge in [0.1, 0.15) is 0 Å². The van der Waals surface area contributed by atoms with E-state index in [1.165, 1.54) is 0 Å². The van der Waals surface area contributed by atoms with Crippen LogP contribution in [0.15, 0.2) is 79.0 Å². The van der Waals surface area contributed by atoms with Crippen LogP contribution in [-0.2, 0) is 0 Å². The highest BCUT2D eigenvalue weighted by atomic mass is 35.5. The Balaban J connectivity index is 1.64. The number of nitrogens with zero attached hydrogens (tertiary/aromatic N) is 1. The van der Waals surface area contributed by atoms with Gasteiger partial charge in [-0.15, -0.1) is 0 Å². The maximum Gasteiger partial charge on any atom is 0.255 e. The van der Waals surface area contributed by atoms with Gasteiger partial charge in [-0.05, 0) is 61.5 Å². The predicted octanol–water partition coefficient (Wildman–Crippen LogP) is 5.03. The molecule has 0 spiro atoms. The summed E-state index contributed by atoms with van der Waals surface area (Å²) in [6.07, 6.45) is 1.37. The Bertz CT molecular complexity index is 1240. The van der Waals surface area contributed by atoms with Crippen LogP contribution >= 0.6 is 11.6 Å². The highest BCUT2D eigenvalue weighted by Gasteiger charge is 2.23. The van der Waals surface area contributed by atoms with Gasteiger partial charge in [-0.2, -0.15) is 0 Å². The van der Waals surface area contributed by atoms with Gasteiger partial charge in [-0.25, -0.2) is 0 Å². The van der Waals surface area contributed by atoms with E-state index in [-0.39, 0.29) is 11.9 Å². The van der Waals surface area contributed by atoms with Crippen LogP contribution in [-0.4, -0.2) is 35.3 Å². The molecule has 0 aliphatic heterocycles. The Morgan fingerprint density at radius 2 is 1.84 bits per heavy atom. The molecule has 6 heteroatoms. The van der Waals surface area contributed by atoms with Crippen molar-refractivity contribution in [2.24, 2.45) is 0 Å². The summed E-state index contributed by atoms with van der Waals surface area (Å²) < 4.78 is 2.08. The highest BCUT2D eigenvalue weighted by molar-refractivity contribution is 6.31. The van der Waals surface area contributed by atoms with Crippen molar-refractivity contribution in [3.05, 3.63) is 101 Å². The quantitative estimate of drug-likeness (QED) is 0.372. The molecular weight excluding hydrogens is 422 g/mol. The van der Waals surface area contributed by atoms with Gasteiger partial charge in [0.05, 0.1) is 12.1 Å². The van der Waals surface area contributed by atoms with Crippen LogP contribution in [0.4, 0.5) is 5.69 Å². The lowest BCUT2D eigenvalue weighted by Gasteiger charge is -2.26. The number of aromatic nitrogens is 1. The molecular formula is C26H26ClN3O2. The number of carbonyl (C=O) groups excluding carboxylic acids is 1. The molecule has 1 amide bonds. The molecule has 3 aromatic carbocycles. The molecule has 0 aliphatic carbocycles. The average Bonchev–Trinajstić information content (AvgIpc) is 3.19. The standard InChI is InChI=1S/C26H26ClN3O2/c1-17-8-9-20(15-22(17)27)26(32)29-21-10-11-23-19(14-21)12-13-30(23)25(24(31)16-28-2)18-6-4-3-5-7-18/h3-15,24-25,28,31H,16H2,1-2H3,(H,29,32)/t24-,25+/m1/s1. The molecule has 5 nitrogen and oxygen atoms in total. The number of likely N-dealkylation sites (N-methyl/N-ethyl adjacent to an activating group) is 1. The van der Waals surface area contributed by atoms with E-state index in [1.807, 2.05) is 80.8 Å². The van der Waals surface area contributed by atoms with Crippen LogP contribution in [0.5, 0.6) is 0 Å². The Morgan fingerprint density at radius 1 is 1.06 bits per heavy atom. The summed E-state index contributed by atoms with van der Waals surface area (Å²) in [5.74, 6) is -0.211. The van der Waals surface area contributed by atoms with Gasteiger partial charge in [0.2, 0.25) is 0 Å². The van der Waals surface area contributed by atoms with Gasteiger partial charge in [-0.3, -0.25) is 4.79 Å². The van der Waals surface area contributed by atoms with E-state index in [4.69, 9.17) is 11.6 Å². The van der Waals surface area contributed by atoms with Crippen LogP contribution in [0.3, 0.4) is 0 Å². The minimum atomic E-state index is -0.608. The highest BCUT2D eigenvalue weighted by Crippen LogP contribution is 2.29. The van der Waals surface area contributed by atoms with Crippen molar-refractivity contribution in [2.45, 2.75) is 19.1 Å². The number of aliphatic hydroxyl groups is 1. The molecule has 164 valence electrons. The smallest absolute Gasteiger partial charge is 0.255 e. The van der Waals surface area contributed by atoms with Crippen LogP contribution < -0.4 is 10.6 Å². The predicted molar refractivity (Wildman–Crippen MR) is 131 cm³/mol. The first-order chi connectivity index (χ1) is 15.5. The van der Waals surface area contributed by atoms with Crippen molar-refractivity contribution in [1.29, 1.82) is 0 Å². The summed E-state index contributed by atoms with van der Waals surface area (Å²) in [4.78, 5) is 12.7. The average molecular weight is 448 g/mol. The first kappa shape index (κ1) is 22.1. The lowest BCUT2D eigenvalue weighted by atomic mass is 10.0. The molecule has 0 aliphatic rings. The molecule has 0 bridgehead atoms. The largest absolute Gasteiger partial charge is 0.389 e. The molecule has 4 rings (SSSR count). The second-order valence-corrected chi connectivity index (χ2v) is 8.30. The first-order valence-electron chi connectivity index (χ1n) is 10.5. The third-order valence-electron chi connectivity index (χ3n) is 5.63. The molecule has 0 radical (unpaired) electrons. The van der Waals surface area contributed by atoms with Crippen LogP contribution in [0.25, 0.3) is 10.9 Å². The van der Waals surface area contributed by atoms with Gasteiger partial charge in [0, 0.05) is 39.9 Å². The number of aryl methyl sites for hydroxylation is 1. The van der Waals surface area contributed by atoms with Crippen LogP contribution in [0, 0.1) is 6.92 Å². The van der Waals surface area contributed by atoms with Crippen LogP contribution in [0.2, 0.25) is 5.02 Å². The monoisotopic (exact) mass is 447 g/mol. The molecule has 4 aromatic rings. The van der Waals surface area contributed by atoms with E-state index < -0.39 is 6.10 Å². The molecule has 2 atom stereocenters. The second kappa shape index (κ2) is 9.57. The summed E-state index contributed by atoms with van der Waals surface area (Å²) in [7, 11) is 1.83. The van der Waals surface area contributed by atoms with E-state index in [1.54, 1.807) is 12.1 Å². The van der Waals surface area contributed by atoms with Gasteiger partial charge in [0.15, 0.2) is 0 Å². The normalized spacial score (nSPS) is 13.1.